The molecule has 9 aromatic rings. The third-order valence-electron chi connectivity index (χ3n) is 10.6. The third-order valence-corrected chi connectivity index (χ3v) is 10.6. The van der Waals surface area contributed by atoms with E-state index in [0.717, 1.165) is 68.5 Å². The van der Waals surface area contributed by atoms with Gasteiger partial charge in [0.25, 0.3) is 0 Å². The first-order valence-electron chi connectivity index (χ1n) is 18.6. The first kappa shape index (κ1) is 31.7. The predicted octanol–water partition coefficient (Wildman–Crippen LogP) is 13.8. The highest BCUT2D eigenvalue weighted by atomic mass is 16.3. The Hall–Kier alpha value is -6.97. The molecule has 3 nitrogen and oxygen atoms in total. The van der Waals surface area contributed by atoms with Crippen LogP contribution in [0.25, 0.3) is 61.2 Å². The Kier molecular flexibility index (Phi) is 7.96. The van der Waals surface area contributed by atoms with Gasteiger partial charge >= 0.3 is 0 Å². The molecular formula is C51H36N2O. The summed E-state index contributed by atoms with van der Waals surface area (Å²) in [6, 6.07) is 66.8. The summed E-state index contributed by atoms with van der Waals surface area (Å²) in [5.41, 5.74) is 16.0. The van der Waals surface area contributed by atoms with E-state index in [1.807, 2.05) is 30.3 Å². The molecule has 0 saturated heterocycles. The van der Waals surface area contributed by atoms with E-state index >= 15 is 0 Å². The fourth-order valence-electron chi connectivity index (χ4n) is 7.92. The molecule has 0 saturated carbocycles. The molecule has 0 spiro atoms. The van der Waals surface area contributed by atoms with E-state index < -0.39 is 0 Å². The maximum absolute atomic E-state index is 6.34. The van der Waals surface area contributed by atoms with Gasteiger partial charge in [-0.05, 0) is 117 Å². The molecule has 54 heavy (non-hydrogen) atoms. The lowest BCUT2D eigenvalue weighted by molar-refractivity contribution is 0.620. The summed E-state index contributed by atoms with van der Waals surface area (Å²) in [5.74, 6) is 0.637. The predicted molar refractivity (Wildman–Crippen MR) is 224 cm³/mol. The van der Waals surface area contributed by atoms with Gasteiger partial charge < -0.3 is 9.32 Å². The van der Waals surface area contributed by atoms with E-state index in [0.29, 0.717) is 5.89 Å². The lowest BCUT2D eigenvalue weighted by atomic mass is 9.87. The minimum Gasteiger partial charge on any atom is -0.436 e. The Morgan fingerprint density at radius 1 is 0.444 bits per heavy atom. The van der Waals surface area contributed by atoms with Gasteiger partial charge in [-0.1, -0.05) is 140 Å². The minimum absolute atomic E-state index is 0.637. The first-order valence-corrected chi connectivity index (χ1v) is 18.6. The molecular weight excluding hydrogens is 657 g/mol. The summed E-state index contributed by atoms with van der Waals surface area (Å²) in [7, 11) is 0. The lowest BCUT2D eigenvalue weighted by Gasteiger charge is -2.26. The van der Waals surface area contributed by atoms with Gasteiger partial charge in [-0.3, -0.25) is 0 Å². The Morgan fingerprint density at radius 3 is 1.72 bits per heavy atom. The van der Waals surface area contributed by atoms with Crippen LogP contribution in [0.1, 0.15) is 23.1 Å². The smallest absolute Gasteiger partial charge is 0.227 e. The highest BCUT2D eigenvalue weighted by Crippen LogP contribution is 2.40. The van der Waals surface area contributed by atoms with Gasteiger partial charge in [0, 0.05) is 28.0 Å². The molecule has 1 aliphatic carbocycles. The van der Waals surface area contributed by atoms with E-state index in [1.54, 1.807) is 0 Å². The number of allylic oxidation sites excluding steroid dienone is 1. The average molecular weight is 693 g/mol. The number of benzene rings is 8. The molecule has 0 amide bonds. The van der Waals surface area contributed by atoms with Crippen LogP contribution in [0.3, 0.4) is 0 Å². The van der Waals surface area contributed by atoms with Crippen molar-refractivity contribution in [2.45, 2.75) is 12.8 Å². The summed E-state index contributed by atoms with van der Waals surface area (Å²) in [5, 5.41) is 2.24. The fraction of sp³-hybridized carbons (Fsp3) is 0.0392. The molecule has 1 aliphatic rings. The van der Waals surface area contributed by atoms with Gasteiger partial charge in [0.2, 0.25) is 5.89 Å². The molecule has 0 radical (unpaired) electrons. The monoisotopic (exact) mass is 692 g/mol. The molecule has 0 fully saturated rings. The van der Waals surface area contributed by atoms with Crippen molar-refractivity contribution in [3.8, 4) is 33.7 Å². The molecule has 8 aromatic carbocycles. The van der Waals surface area contributed by atoms with E-state index in [2.05, 4.69) is 169 Å². The minimum atomic E-state index is 0.637. The Balaban J connectivity index is 0.955. The maximum atomic E-state index is 6.34. The SMILES string of the molecule is C1=C(c2ccc(N(c3ccccc3)c3ccc(-c4ccc(-c5cc6oc(-c7ccccc7)nc6c6ccccc56)cc4)cc3)cc2)c2ccccc2CC1. The summed E-state index contributed by atoms with van der Waals surface area (Å²) < 4.78 is 6.34. The van der Waals surface area contributed by atoms with Crippen LogP contribution < -0.4 is 4.90 Å². The molecule has 0 bridgehead atoms. The summed E-state index contributed by atoms with van der Waals surface area (Å²) >= 11 is 0. The molecule has 256 valence electrons. The number of para-hydroxylation sites is 1. The van der Waals surface area contributed by atoms with Crippen LogP contribution in [0.5, 0.6) is 0 Å². The largest absolute Gasteiger partial charge is 0.436 e. The van der Waals surface area contributed by atoms with Crippen molar-refractivity contribution in [2.75, 3.05) is 4.90 Å². The van der Waals surface area contributed by atoms with Crippen molar-refractivity contribution < 1.29 is 4.42 Å². The maximum Gasteiger partial charge on any atom is 0.227 e. The molecule has 3 heteroatoms. The third kappa shape index (κ3) is 5.77. The summed E-state index contributed by atoms with van der Waals surface area (Å²) in [4.78, 5) is 7.24. The van der Waals surface area contributed by atoms with Gasteiger partial charge in [0.1, 0.15) is 5.52 Å². The van der Waals surface area contributed by atoms with Crippen LogP contribution in [0.4, 0.5) is 17.1 Å². The molecule has 0 N–H and O–H groups in total. The van der Waals surface area contributed by atoms with E-state index in [4.69, 9.17) is 9.40 Å². The number of rotatable bonds is 7. The van der Waals surface area contributed by atoms with Gasteiger partial charge in [0.15, 0.2) is 5.58 Å². The van der Waals surface area contributed by atoms with Gasteiger partial charge in [-0.25, -0.2) is 4.98 Å². The molecule has 10 rings (SSSR count). The number of hydrogen-bond acceptors (Lipinski definition) is 3. The zero-order valence-corrected chi connectivity index (χ0v) is 29.7. The van der Waals surface area contributed by atoms with Crippen LogP contribution in [0.15, 0.2) is 199 Å². The van der Waals surface area contributed by atoms with Crippen molar-refractivity contribution >= 4 is 44.5 Å². The van der Waals surface area contributed by atoms with Gasteiger partial charge in [-0.15, -0.1) is 0 Å². The number of aryl methyl sites for hydroxylation is 1. The molecule has 0 atom stereocenters. The van der Waals surface area contributed by atoms with Crippen LogP contribution in [-0.2, 0) is 6.42 Å². The van der Waals surface area contributed by atoms with Crippen LogP contribution in [0.2, 0.25) is 0 Å². The number of aromatic nitrogens is 1. The molecule has 1 heterocycles. The number of anilines is 3. The Bertz CT molecular complexity index is 2780. The standard InChI is InChI=1S/C51H36N2O/c1-3-13-40(14-4-1)51-52-50-47-20-10-9-19-46(47)48(34-49(50)54-51)39-24-22-35(23-25-39)36-26-30-42(31-27-36)53(41-16-5-2-6-17-41)43-32-28-38(29-33-43)45-21-11-15-37-12-7-8-18-44(37)45/h1-10,12-14,16-34H,11,15H2. The van der Waals surface area contributed by atoms with Crippen molar-refractivity contribution in [2.24, 2.45) is 0 Å². The fourth-order valence-corrected chi connectivity index (χ4v) is 7.92. The molecule has 1 aromatic heterocycles. The van der Waals surface area contributed by atoms with Gasteiger partial charge in [-0.2, -0.15) is 0 Å². The normalized spacial score (nSPS) is 12.4. The first-order chi connectivity index (χ1) is 26.8. The number of nitrogens with zero attached hydrogens (tertiary/aromatic N) is 2. The van der Waals surface area contributed by atoms with E-state index in [1.165, 1.54) is 33.4 Å². The second kappa shape index (κ2) is 13.5. The lowest BCUT2D eigenvalue weighted by Crippen LogP contribution is -2.10. The highest BCUT2D eigenvalue weighted by molar-refractivity contribution is 6.11. The van der Waals surface area contributed by atoms with Crippen molar-refractivity contribution in [3.63, 3.8) is 0 Å². The second-order valence-corrected chi connectivity index (χ2v) is 13.9. The van der Waals surface area contributed by atoms with Crippen LogP contribution in [0, 0.1) is 0 Å². The topological polar surface area (TPSA) is 29.3 Å². The Labute approximate surface area is 315 Å². The Morgan fingerprint density at radius 2 is 1.00 bits per heavy atom. The molecule has 0 unspecified atom stereocenters. The van der Waals surface area contributed by atoms with Crippen molar-refractivity contribution in [1.29, 1.82) is 0 Å². The second-order valence-electron chi connectivity index (χ2n) is 13.9. The zero-order chi connectivity index (χ0) is 35.8. The summed E-state index contributed by atoms with van der Waals surface area (Å²) in [6.45, 7) is 0. The van der Waals surface area contributed by atoms with Crippen molar-refractivity contribution in [1.82, 2.24) is 4.98 Å². The van der Waals surface area contributed by atoms with E-state index in [9.17, 15) is 0 Å². The van der Waals surface area contributed by atoms with Gasteiger partial charge in [0.05, 0.1) is 0 Å². The number of hydrogen-bond donors (Lipinski definition) is 0. The zero-order valence-electron chi connectivity index (χ0n) is 29.7. The van der Waals surface area contributed by atoms with E-state index in [-0.39, 0.29) is 0 Å². The average Bonchev–Trinajstić information content (AvgIpc) is 3.70. The molecule has 0 aliphatic heterocycles. The van der Waals surface area contributed by atoms with Crippen LogP contribution >= 0.6 is 0 Å². The number of fused-ring (bicyclic) bond motifs is 4. The quantitative estimate of drug-likeness (QED) is 0.166. The van der Waals surface area contributed by atoms with Crippen molar-refractivity contribution in [3.05, 3.63) is 211 Å². The summed E-state index contributed by atoms with van der Waals surface area (Å²) in [6.07, 6.45) is 4.56. The number of oxazole rings is 1. The highest BCUT2D eigenvalue weighted by Gasteiger charge is 2.18. The van der Waals surface area contributed by atoms with Crippen LogP contribution in [-0.4, -0.2) is 4.98 Å².